The monoisotopic (exact) mass is 727 g/mol. The van der Waals surface area contributed by atoms with E-state index in [1.54, 1.807) is 59.3 Å². The van der Waals surface area contributed by atoms with Gasteiger partial charge in [0.05, 0.1) is 24.7 Å². The molecule has 1 aliphatic rings. The molecule has 3 amide bonds. The number of hydrogen-bond donors (Lipinski definition) is 2. The summed E-state index contributed by atoms with van der Waals surface area (Å²) < 4.78 is 11.6. The quantitative estimate of drug-likeness (QED) is 0.153. The SMILES string of the molecule is CCN(CC)CCN(C)C(=O)c1ccc(Nc2ncc(C(=O)Nc3c(C)cccc3C)c(Oc3ccc(CC(=O)N4CCOCC4)cc3Cl)n2)cc1. The van der Waals surface area contributed by atoms with Gasteiger partial charge in [-0.05, 0) is 80.0 Å². The van der Waals surface area contributed by atoms with Gasteiger partial charge in [-0.1, -0.05) is 49.7 Å². The van der Waals surface area contributed by atoms with Crippen LogP contribution in [0.25, 0.3) is 0 Å². The smallest absolute Gasteiger partial charge is 0.262 e. The minimum Gasteiger partial charge on any atom is -0.436 e. The van der Waals surface area contributed by atoms with Gasteiger partial charge < -0.3 is 34.8 Å². The van der Waals surface area contributed by atoms with E-state index in [1.165, 1.54) is 6.20 Å². The van der Waals surface area contributed by atoms with Gasteiger partial charge in [-0.2, -0.15) is 4.98 Å². The average Bonchev–Trinajstić information content (AvgIpc) is 3.15. The lowest BCUT2D eigenvalue weighted by Gasteiger charge is -2.26. The first-order valence-electron chi connectivity index (χ1n) is 17.5. The fourth-order valence-electron chi connectivity index (χ4n) is 5.77. The lowest BCUT2D eigenvalue weighted by atomic mass is 10.1. The Balaban J connectivity index is 1.35. The molecule has 0 saturated carbocycles. The molecule has 1 fully saturated rings. The molecule has 1 aromatic heterocycles. The van der Waals surface area contributed by atoms with Gasteiger partial charge in [0.2, 0.25) is 17.7 Å². The number of aryl methyl sites for hydroxylation is 2. The Hall–Kier alpha value is -5.04. The molecule has 2 heterocycles. The van der Waals surface area contributed by atoms with Crippen molar-refractivity contribution in [3.05, 3.63) is 99.7 Å². The summed E-state index contributed by atoms with van der Waals surface area (Å²) in [6.07, 6.45) is 1.57. The van der Waals surface area contributed by atoms with Crippen LogP contribution in [0.15, 0.2) is 66.9 Å². The Morgan fingerprint density at radius 2 is 1.65 bits per heavy atom. The van der Waals surface area contributed by atoms with Crippen molar-refractivity contribution in [3.8, 4) is 11.6 Å². The standard InChI is InChI=1S/C39H46ClN7O5/c1-6-46(7-2)18-17-45(5)38(50)29-12-14-30(15-13-29)42-39-41-25-31(36(49)43-35-26(3)9-8-10-27(35)4)37(44-39)52-33-16-11-28(23-32(33)40)24-34(48)47-19-21-51-22-20-47/h8-16,23,25H,6-7,17-22,24H2,1-5H3,(H,43,49)(H,41,42,44). The highest BCUT2D eigenvalue weighted by molar-refractivity contribution is 6.32. The Morgan fingerprint density at radius 1 is 0.962 bits per heavy atom. The van der Waals surface area contributed by atoms with Gasteiger partial charge in [0.15, 0.2) is 0 Å². The number of benzene rings is 3. The van der Waals surface area contributed by atoms with Crippen LogP contribution in [0.2, 0.25) is 5.02 Å². The number of rotatable bonds is 14. The molecule has 2 N–H and O–H groups in total. The first-order valence-corrected chi connectivity index (χ1v) is 17.8. The maximum Gasteiger partial charge on any atom is 0.262 e. The molecular weight excluding hydrogens is 682 g/mol. The molecule has 0 atom stereocenters. The summed E-state index contributed by atoms with van der Waals surface area (Å²) in [7, 11) is 1.80. The van der Waals surface area contributed by atoms with Crippen molar-refractivity contribution in [1.82, 2.24) is 24.7 Å². The predicted octanol–water partition coefficient (Wildman–Crippen LogP) is 6.35. The van der Waals surface area contributed by atoms with Crippen LogP contribution in [0.4, 0.5) is 17.3 Å². The maximum absolute atomic E-state index is 13.7. The number of nitrogens with one attached hydrogen (secondary N) is 2. The highest BCUT2D eigenvalue weighted by Gasteiger charge is 2.22. The van der Waals surface area contributed by atoms with Crippen molar-refractivity contribution in [2.75, 3.05) is 70.2 Å². The number of ether oxygens (including phenoxy) is 2. The molecule has 1 aliphatic heterocycles. The molecule has 5 rings (SSSR count). The zero-order valence-corrected chi connectivity index (χ0v) is 31.1. The number of amides is 3. The third-order valence-corrected chi connectivity index (χ3v) is 9.32. The lowest BCUT2D eigenvalue weighted by Crippen LogP contribution is -2.41. The van der Waals surface area contributed by atoms with Crippen LogP contribution < -0.4 is 15.4 Å². The van der Waals surface area contributed by atoms with Gasteiger partial charge in [0, 0.05) is 56.4 Å². The van der Waals surface area contributed by atoms with Crippen LogP contribution in [0, 0.1) is 13.8 Å². The fourth-order valence-corrected chi connectivity index (χ4v) is 6.01. The third kappa shape index (κ3) is 9.84. The fraction of sp³-hybridized carbons (Fsp3) is 0.359. The molecule has 12 nitrogen and oxygen atoms in total. The van der Waals surface area contributed by atoms with Crippen molar-refractivity contribution in [1.29, 1.82) is 0 Å². The van der Waals surface area contributed by atoms with E-state index in [9.17, 15) is 14.4 Å². The second-order valence-electron chi connectivity index (χ2n) is 12.6. The molecule has 4 aromatic rings. The number of hydrogen-bond acceptors (Lipinski definition) is 9. The van der Waals surface area contributed by atoms with Gasteiger partial charge in [-0.3, -0.25) is 14.4 Å². The van der Waals surface area contributed by atoms with Crippen LogP contribution in [-0.2, 0) is 16.0 Å². The second kappa shape index (κ2) is 17.9. The molecule has 3 aromatic carbocycles. The van der Waals surface area contributed by atoms with E-state index in [0.29, 0.717) is 49.8 Å². The topological polar surface area (TPSA) is 129 Å². The molecule has 52 heavy (non-hydrogen) atoms. The predicted molar refractivity (Wildman–Crippen MR) is 203 cm³/mol. The van der Waals surface area contributed by atoms with E-state index >= 15 is 0 Å². The van der Waals surface area contributed by atoms with E-state index in [1.807, 2.05) is 32.0 Å². The summed E-state index contributed by atoms with van der Waals surface area (Å²) in [6.45, 7) is 13.5. The minimum absolute atomic E-state index is 0.00952. The van der Waals surface area contributed by atoms with Crippen LogP contribution in [0.5, 0.6) is 11.6 Å². The van der Waals surface area contributed by atoms with Crippen molar-refractivity contribution in [2.45, 2.75) is 34.1 Å². The lowest BCUT2D eigenvalue weighted by molar-refractivity contribution is -0.134. The Morgan fingerprint density at radius 3 is 2.31 bits per heavy atom. The molecule has 0 unspecified atom stereocenters. The van der Waals surface area contributed by atoms with Crippen LogP contribution in [0.3, 0.4) is 0 Å². The number of halogens is 1. The van der Waals surface area contributed by atoms with Crippen molar-refractivity contribution in [3.63, 3.8) is 0 Å². The summed E-state index contributed by atoms with van der Waals surface area (Å²) in [5.41, 5.74) is 4.48. The second-order valence-corrected chi connectivity index (χ2v) is 13.0. The van der Waals surface area contributed by atoms with Crippen LogP contribution >= 0.6 is 11.6 Å². The highest BCUT2D eigenvalue weighted by atomic mass is 35.5. The number of morpholine rings is 1. The number of likely N-dealkylation sites (N-methyl/N-ethyl adjacent to an activating group) is 2. The number of carbonyl (C=O) groups excluding carboxylic acids is 3. The third-order valence-electron chi connectivity index (χ3n) is 9.02. The first-order chi connectivity index (χ1) is 25.1. The number of para-hydroxylation sites is 1. The van der Waals surface area contributed by atoms with E-state index in [-0.39, 0.29) is 46.4 Å². The number of anilines is 3. The minimum atomic E-state index is -0.462. The molecule has 1 saturated heterocycles. The summed E-state index contributed by atoms with van der Waals surface area (Å²) in [4.78, 5) is 54.3. The Labute approximate surface area is 310 Å². The Bertz CT molecular complexity index is 1860. The summed E-state index contributed by atoms with van der Waals surface area (Å²) >= 11 is 6.67. The molecule has 274 valence electrons. The molecule has 0 aliphatic carbocycles. The normalized spacial score (nSPS) is 12.8. The largest absolute Gasteiger partial charge is 0.436 e. The zero-order chi connectivity index (χ0) is 37.2. The molecule has 0 radical (unpaired) electrons. The number of carbonyl (C=O) groups is 3. The van der Waals surface area contributed by atoms with E-state index in [4.69, 9.17) is 21.1 Å². The van der Waals surface area contributed by atoms with E-state index < -0.39 is 5.91 Å². The number of aromatic nitrogens is 2. The van der Waals surface area contributed by atoms with Gasteiger partial charge in [-0.25, -0.2) is 4.98 Å². The average molecular weight is 728 g/mol. The van der Waals surface area contributed by atoms with Gasteiger partial charge >= 0.3 is 0 Å². The maximum atomic E-state index is 13.7. The van der Waals surface area contributed by atoms with Crippen molar-refractivity contribution in [2.24, 2.45) is 0 Å². The van der Waals surface area contributed by atoms with Gasteiger partial charge in [0.25, 0.3) is 11.8 Å². The molecule has 0 spiro atoms. The summed E-state index contributed by atoms with van der Waals surface area (Å²) in [6, 6.07) is 17.9. The highest BCUT2D eigenvalue weighted by Crippen LogP contribution is 2.33. The van der Waals surface area contributed by atoms with E-state index in [0.717, 1.165) is 36.3 Å². The molecular formula is C39H46ClN7O5. The first kappa shape index (κ1) is 38.2. The van der Waals surface area contributed by atoms with E-state index in [2.05, 4.69) is 39.3 Å². The Kier molecular flexibility index (Phi) is 13.2. The summed E-state index contributed by atoms with van der Waals surface area (Å²) in [5, 5.41) is 6.37. The van der Waals surface area contributed by atoms with Gasteiger partial charge in [-0.15, -0.1) is 0 Å². The van der Waals surface area contributed by atoms with Crippen LogP contribution in [-0.4, -0.2) is 102 Å². The molecule has 0 bridgehead atoms. The zero-order valence-electron chi connectivity index (χ0n) is 30.4. The summed E-state index contributed by atoms with van der Waals surface area (Å²) in [5.74, 6) is -0.151. The van der Waals surface area contributed by atoms with Crippen molar-refractivity contribution >= 4 is 46.6 Å². The van der Waals surface area contributed by atoms with Gasteiger partial charge in [0.1, 0.15) is 11.3 Å². The molecule has 13 heteroatoms. The number of nitrogens with zero attached hydrogens (tertiary/aromatic N) is 5. The van der Waals surface area contributed by atoms with Crippen LogP contribution in [0.1, 0.15) is 51.3 Å². The van der Waals surface area contributed by atoms with Crippen molar-refractivity contribution < 1.29 is 23.9 Å².